The Bertz CT molecular complexity index is 822. The molecule has 0 saturated heterocycles. The Morgan fingerprint density at radius 3 is 2.38 bits per heavy atom. The molecule has 0 aromatic heterocycles. The maximum atomic E-state index is 12.3. The molecule has 0 heterocycles. The molecule has 0 radical (unpaired) electrons. The molecular formula is C16H17ClN2O4S. The van der Waals surface area contributed by atoms with Gasteiger partial charge in [0, 0.05) is 5.02 Å². The molecule has 6 nitrogen and oxygen atoms in total. The molecule has 24 heavy (non-hydrogen) atoms. The number of hydrogen-bond donors (Lipinski definition) is 1. The maximum absolute atomic E-state index is 12.3. The summed E-state index contributed by atoms with van der Waals surface area (Å²) in [6.07, 6.45) is 1.04. The Kier molecular flexibility index (Phi) is 5.69. The van der Waals surface area contributed by atoms with Crippen LogP contribution in [-0.2, 0) is 14.8 Å². The summed E-state index contributed by atoms with van der Waals surface area (Å²) in [5.74, 6) is 0.00289. The molecule has 128 valence electrons. The topological polar surface area (TPSA) is 75.7 Å². The first-order valence-electron chi connectivity index (χ1n) is 6.97. The van der Waals surface area contributed by atoms with Crippen molar-refractivity contribution in [2.45, 2.75) is 0 Å². The number of sulfonamides is 1. The Labute approximate surface area is 146 Å². The van der Waals surface area contributed by atoms with Crippen LogP contribution >= 0.6 is 11.6 Å². The molecule has 1 N–H and O–H groups in total. The average molecular weight is 369 g/mol. The van der Waals surface area contributed by atoms with Gasteiger partial charge in [0.2, 0.25) is 15.9 Å². The van der Waals surface area contributed by atoms with Gasteiger partial charge in [0.05, 0.1) is 24.7 Å². The number of nitrogens with one attached hydrogen (secondary N) is 1. The summed E-state index contributed by atoms with van der Waals surface area (Å²) in [6, 6.07) is 13.1. The SMILES string of the molecule is COc1ccccc1NC(=O)CN(c1ccc(Cl)cc1)S(C)(=O)=O. The predicted octanol–water partition coefficient (Wildman–Crippen LogP) is 2.75. The molecule has 0 aliphatic heterocycles. The van der Waals surface area contributed by atoms with Crippen LogP contribution in [0.25, 0.3) is 0 Å². The van der Waals surface area contributed by atoms with E-state index >= 15 is 0 Å². The van der Waals surface area contributed by atoms with Gasteiger partial charge < -0.3 is 10.1 Å². The summed E-state index contributed by atoms with van der Waals surface area (Å²) >= 11 is 5.82. The number of carbonyl (C=O) groups excluding carboxylic acids is 1. The van der Waals surface area contributed by atoms with E-state index in [0.29, 0.717) is 22.1 Å². The second-order valence-corrected chi connectivity index (χ2v) is 7.34. The summed E-state index contributed by atoms with van der Waals surface area (Å²) in [7, 11) is -2.15. The van der Waals surface area contributed by atoms with Crippen molar-refractivity contribution < 1.29 is 17.9 Å². The van der Waals surface area contributed by atoms with Crippen molar-refractivity contribution in [2.75, 3.05) is 29.5 Å². The van der Waals surface area contributed by atoms with Crippen LogP contribution in [-0.4, -0.2) is 34.2 Å². The zero-order valence-electron chi connectivity index (χ0n) is 13.2. The van der Waals surface area contributed by atoms with E-state index in [1.54, 1.807) is 48.5 Å². The minimum atomic E-state index is -3.64. The number of benzene rings is 2. The van der Waals surface area contributed by atoms with Crippen LogP contribution in [0, 0.1) is 0 Å². The predicted molar refractivity (Wildman–Crippen MR) is 95.3 cm³/mol. The van der Waals surface area contributed by atoms with Gasteiger partial charge in [0.1, 0.15) is 12.3 Å². The normalized spacial score (nSPS) is 11.0. The van der Waals surface area contributed by atoms with Crippen molar-refractivity contribution in [3.63, 3.8) is 0 Å². The number of ether oxygens (including phenoxy) is 1. The maximum Gasteiger partial charge on any atom is 0.245 e. The zero-order chi connectivity index (χ0) is 17.7. The molecule has 2 aromatic carbocycles. The van der Waals surface area contributed by atoms with Gasteiger partial charge in [-0.3, -0.25) is 9.10 Å². The van der Waals surface area contributed by atoms with E-state index in [9.17, 15) is 13.2 Å². The first-order chi connectivity index (χ1) is 11.3. The highest BCUT2D eigenvalue weighted by Gasteiger charge is 2.21. The lowest BCUT2D eigenvalue weighted by atomic mass is 10.3. The van der Waals surface area contributed by atoms with Gasteiger partial charge in [-0.05, 0) is 36.4 Å². The molecule has 0 spiro atoms. The largest absolute Gasteiger partial charge is 0.495 e. The number of halogens is 1. The van der Waals surface area contributed by atoms with Crippen LogP contribution in [0.1, 0.15) is 0 Å². The van der Waals surface area contributed by atoms with Gasteiger partial charge in [-0.25, -0.2) is 8.42 Å². The molecule has 8 heteroatoms. The fourth-order valence-electron chi connectivity index (χ4n) is 2.08. The molecule has 0 aliphatic rings. The van der Waals surface area contributed by atoms with Gasteiger partial charge in [-0.1, -0.05) is 23.7 Å². The second kappa shape index (κ2) is 7.55. The van der Waals surface area contributed by atoms with Crippen molar-refractivity contribution in [3.8, 4) is 5.75 Å². The fourth-order valence-corrected chi connectivity index (χ4v) is 3.06. The van der Waals surface area contributed by atoms with E-state index in [-0.39, 0.29) is 6.54 Å². The highest BCUT2D eigenvalue weighted by Crippen LogP contribution is 2.24. The molecule has 1 amide bonds. The smallest absolute Gasteiger partial charge is 0.245 e. The number of methoxy groups -OCH3 is 1. The van der Waals surface area contributed by atoms with Crippen molar-refractivity contribution in [3.05, 3.63) is 53.6 Å². The van der Waals surface area contributed by atoms with E-state index in [1.807, 2.05) is 0 Å². The third kappa shape index (κ3) is 4.62. The molecule has 0 bridgehead atoms. The van der Waals surface area contributed by atoms with Crippen LogP contribution in [0.4, 0.5) is 11.4 Å². The van der Waals surface area contributed by atoms with E-state index in [1.165, 1.54) is 7.11 Å². The first kappa shape index (κ1) is 18.1. The van der Waals surface area contributed by atoms with Crippen LogP contribution < -0.4 is 14.4 Å². The number of rotatable bonds is 6. The molecule has 0 saturated carbocycles. The minimum Gasteiger partial charge on any atom is -0.495 e. The van der Waals surface area contributed by atoms with Crippen LogP contribution in [0.2, 0.25) is 5.02 Å². The molecule has 2 rings (SSSR count). The monoisotopic (exact) mass is 368 g/mol. The van der Waals surface area contributed by atoms with Gasteiger partial charge in [0.25, 0.3) is 0 Å². The Hall–Kier alpha value is -2.25. The quantitative estimate of drug-likeness (QED) is 0.850. The lowest BCUT2D eigenvalue weighted by Crippen LogP contribution is -2.37. The molecule has 2 aromatic rings. The van der Waals surface area contributed by atoms with Crippen molar-refractivity contribution >= 4 is 38.9 Å². The van der Waals surface area contributed by atoms with E-state index < -0.39 is 15.9 Å². The lowest BCUT2D eigenvalue weighted by molar-refractivity contribution is -0.114. The van der Waals surface area contributed by atoms with Crippen LogP contribution in [0.5, 0.6) is 5.75 Å². The number of carbonyl (C=O) groups is 1. The van der Waals surface area contributed by atoms with Crippen molar-refractivity contribution in [1.29, 1.82) is 0 Å². The standard InChI is InChI=1S/C16H17ClN2O4S/c1-23-15-6-4-3-5-14(15)18-16(20)11-19(24(2,21)22)13-9-7-12(17)8-10-13/h3-10H,11H2,1-2H3,(H,18,20). The van der Waals surface area contributed by atoms with Crippen LogP contribution in [0.15, 0.2) is 48.5 Å². The van der Waals surface area contributed by atoms with Gasteiger partial charge in [-0.2, -0.15) is 0 Å². The molecule has 0 atom stereocenters. The van der Waals surface area contributed by atoms with E-state index in [0.717, 1.165) is 10.6 Å². The number of anilines is 2. The molecule has 0 aliphatic carbocycles. The third-order valence-corrected chi connectivity index (χ3v) is 4.58. The number of nitrogens with zero attached hydrogens (tertiary/aromatic N) is 1. The number of para-hydroxylation sites is 2. The summed E-state index contributed by atoms with van der Waals surface area (Å²) in [4.78, 5) is 12.3. The third-order valence-electron chi connectivity index (χ3n) is 3.18. The molecular weight excluding hydrogens is 352 g/mol. The molecule has 0 unspecified atom stereocenters. The fraction of sp³-hybridized carbons (Fsp3) is 0.188. The second-order valence-electron chi connectivity index (χ2n) is 4.99. The molecule has 0 fully saturated rings. The average Bonchev–Trinajstić information content (AvgIpc) is 2.53. The summed E-state index contributed by atoms with van der Waals surface area (Å²) in [5, 5.41) is 3.13. The Morgan fingerprint density at radius 1 is 1.17 bits per heavy atom. The van der Waals surface area contributed by atoms with E-state index in [2.05, 4.69) is 5.32 Å². The van der Waals surface area contributed by atoms with Gasteiger partial charge in [-0.15, -0.1) is 0 Å². The Morgan fingerprint density at radius 2 is 1.79 bits per heavy atom. The van der Waals surface area contributed by atoms with Crippen molar-refractivity contribution in [2.24, 2.45) is 0 Å². The number of hydrogen-bond acceptors (Lipinski definition) is 4. The zero-order valence-corrected chi connectivity index (χ0v) is 14.8. The summed E-state index contributed by atoms with van der Waals surface area (Å²) in [5.41, 5.74) is 0.826. The first-order valence-corrected chi connectivity index (χ1v) is 9.20. The highest BCUT2D eigenvalue weighted by atomic mass is 35.5. The van der Waals surface area contributed by atoms with Gasteiger partial charge in [0.15, 0.2) is 0 Å². The van der Waals surface area contributed by atoms with E-state index in [4.69, 9.17) is 16.3 Å². The highest BCUT2D eigenvalue weighted by molar-refractivity contribution is 7.92. The van der Waals surface area contributed by atoms with Gasteiger partial charge >= 0.3 is 0 Å². The summed E-state index contributed by atoms with van der Waals surface area (Å²) in [6.45, 7) is -0.363. The lowest BCUT2D eigenvalue weighted by Gasteiger charge is -2.22. The minimum absolute atomic E-state index is 0.358. The Balaban J connectivity index is 2.21. The number of amides is 1. The van der Waals surface area contributed by atoms with Crippen LogP contribution in [0.3, 0.4) is 0 Å². The van der Waals surface area contributed by atoms with Crippen molar-refractivity contribution in [1.82, 2.24) is 0 Å². The summed E-state index contributed by atoms with van der Waals surface area (Å²) < 4.78 is 30.2.